The average molecular weight is 588 g/mol. The fourth-order valence-corrected chi connectivity index (χ4v) is 8.03. The maximum atomic E-state index is 14.5. The van der Waals surface area contributed by atoms with Crippen LogP contribution < -0.4 is 0 Å². The number of aliphatic carboxylic acids is 1. The van der Waals surface area contributed by atoms with Gasteiger partial charge in [-0.3, -0.25) is 14.3 Å². The fraction of sp³-hybridized carbons (Fsp3) is 0.667. The second-order valence-corrected chi connectivity index (χ2v) is 13.6. The van der Waals surface area contributed by atoms with Crippen LogP contribution in [0.4, 0.5) is 13.2 Å². The summed E-state index contributed by atoms with van der Waals surface area (Å²) in [6.07, 6.45) is -2.82. The molecule has 3 saturated carbocycles. The topological polar surface area (TPSA) is 95.7 Å². The van der Waals surface area contributed by atoms with Gasteiger partial charge in [0.15, 0.2) is 5.69 Å². The van der Waals surface area contributed by atoms with E-state index in [2.05, 4.69) is 18.9 Å². The van der Waals surface area contributed by atoms with E-state index in [9.17, 15) is 33.0 Å². The summed E-state index contributed by atoms with van der Waals surface area (Å²) in [6, 6.07) is 0.666. The molecule has 12 heteroatoms. The second kappa shape index (κ2) is 9.76. The number of fused-ring (bicyclic) bond motifs is 1. The van der Waals surface area contributed by atoms with Gasteiger partial charge in [0.25, 0.3) is 5.91 Å². The zero-order valence-electron chi connectivity index (χ0n) is 22.0. The van der Waals surface area contributed by atoms with E-state index < -0.39 is 46.9 Å². The molecular formula is C27H33ClF3N3O4S. The molecule has 0 spiro atoms. The largest absolute Gasteiger partial charge is 0.481 e. The molecule has 0 bridgehead atoms. The Morgan fingerprint density at radius 2 is 1.85 bits per heavy atom. The highest BCUT2D eigenvalue weighted by Crippen LogP contribution is 2.67. The van der Waals surface area contributed by atoms with Crippen molar-refractivity contribution in [2.75, 3.05) is 6.54 Å². The molecule has 3 aliphatic rings. The number of carbonyl (C=O) groups is 2. The quantitative estimate of drug-likeness (QED) is 0.389. The van der Waals surface area contributed by atoms with Crippen LogP contribution in [0.15, 0.2) is 17.6 Å². The Hall–Kier alpha value is -2.11. The lowest BCUT2D eigenvalue weighted by atomic mass is 9.74. The number of alkyl halides is 3. The second-order valence-electron chi connectivity index (χ2n) is 12.2. The summed E-state index contributed by atoms with van der Waals surface area (Å²) in [5, 5.41) is 26.6. The Morgan fingerprint density at radius 1 is 1.23 bits per heavy atom. The van der Waals surface area contributed by atoms with E-state index in [0.29, 0.717) is 34.6 Å². The van der Waals surface area contributed by atoms with Gasteiger partial charge in [-0.2, -0.15) is 18.3 Å². The number of carboxylic acid groups (broad SMARTS) is 1. The van der Waals surface area contributed by atoms with E-state index in [4.69, 9.17) is 11.6 Å². The number of halogens is 4. The molecular weight excluding hydrogens is 555 g/mol. The number of thiophene rings is 1. The number of aromatic nitrogens is 2. The van der Waals surface area contributed by atoms with E-state index in [1.54, 1.807) is 18.4 Å². The highest BCUT2D eigenvalue weighted by atomic mass is 35.5. The van der Waals surface area contributed by atoms with Crippen molar-refractivity contribution >= 4 is 34.8 Å². The molecule has 2 heterocycles. The zero-order valence-corrected chi connectivity index (χ0v) is 23.6. The lowest BCUT2D eigenvalue weighted by Gasteiger charge is -2.35. The molecule has 2 aromatic rings. The van der Waals surface area contributed by atoms with Gasteiger partial charge in [0, 0.05) is 6.04 Å². The lowest BCUT2D eigenvalue weighted by molar-refractivity contribution is -0.152. The van der Waals surface area contributed by atoms with Crippen molar-refractivity contribution in [1.29, 1.82) is 0 Å². The number of hydrogen-bond acceptors (Lipinski definition) is 5. The van der Waals surface area contributed by atoms with Crippen LogP contribution in [0.3, 0.4) is 0 Å². The third-order valence-electron chi connectivity index (χ3n) is 9.57. The molecule has 0 aromatic carbocycles. The van der Waals surface area contributed by atoms with Gasteiger partial charge in [-0.15, -0.1) is 11.3 Å². The number of hydrogen-bond donors (Lipinski definition) is 2. The molecule has 1 unspecified atom stereocenters. The van der Waals surface area contributed by atoms with Crippen molar-refractivity contribution in [3.8, 4) is 0 Å². The molecule has 0 radical (unpaired) electrons. The number of aliphatic hydroxyl groups is 1. The minimum Gasteiger partial charge on any atom is -0.481 e. The maximum Gasteiger partial charge on any atom is 0.433 e. The molecule has 2 aromatic heterocycles. The summed E-state index contributed by atoms with van der Waals surface area (Å²) >= 11 is 7.44. The van der Waals surface area contributed by atoms with Crippen LogP contribution in [0.25, 0.3) is 0 Å². The minimum atomic E-state index is -4.85. The van der Waals surface area contributed by atoms with Crippen LogP contribution in [-0.2, 0) is 11.0 Å². The first-order valence-electron chi connectivity index (χ1n) is 13.2. The number of nitrogens with zero attached hydrogens (tertiary/aromatic N) is 3. The minimum absolute atomic E-state index is 0.147. The first-order chi connectivity index (χ1) is 18.1. The van der Waals surface area contributed by atoms with Gasteiger partial charge in [0.1, 0.15) is 6.10 Å². The van der Waals surface area contributed by atoms with E-state index in [0.717, 1.165) is 10.9 Å². The van der Waals surface area contributed by atoms with E-state index in [1.165, 1.54) is 16.2 Å². The Balaban J connectivity index is 1.45. The third kappa shape index (κ3) is 4.99. The van der Waals surface area contributed by atoms with Gasteiger partial charge in [0.2, 0.25) is 0 Å². The fourth-order valence-electron chi connectivity index (χ4n) is 6.87. The van der Waals surface area contributed by atoms with Crippen LogP contribution >= 0.6 is 22.9 Å². The summed E-state index contributed by atoms with van der Waals surface area (Å²) in [7, 11) is 0. The zero-order chi connectivity index (χ0) is 28.5. The lowest BCUT2D eigenvalue weighted by Crippen LogP contribution is -2.43. The van der Waals surface area contributed by atoms with Crippen molar-refractivity contribution in [3.05, 3.63) is 38.8 Å². The molecule has 214 valence electrons. The van der Waals surface area contributed by atoms with Gasteiger partial charge in [-0.25, -0.2) is 0 Å². The first kappa shape index (κ1) is 28.4. The smallest absolute Gasteiger partial charge is 0.433 e. The molecule has 39 heavy (non-hydrogen) atoms. The molecule has 1 amide bonds. The van der Waals surface area contributed by atoms with Gasteiger partial charge in [-0.05, 0) is 74.1 Å². The Morgan fingerprint density at radius 3 is 2.36 bits per heavy atom. The summed E-state index contributed by atoms with van der Waals surface area (Å²) in [4.78, 5) is 27.4. The predicted molar refractivity (Wildman–Crippen MR) is 140 cm³/mol. The number of rotatable bonds is 7. The summed E-state index contributed by atoms with van der Waals surface area (Å²) < 4.78 is 44.4. The third-order valence-corrected chi connectivity index (χ3v) is 11.0. The van der Waals surface area contributed by atoms with Crippen molar-refractivity contribution < 1.29 is 33.0 Å². The number of amides is 1. The average Bonchev–Trinajstić information content (AvgIpc) is 3.42. The van der Waals surface area contributed by atoms with Crippen LogP contribution in [0.2, 0.25) is 5.02 Å². The van der Waals surface area contributed by atoms with Crippen LogP contribution in [-0.4, -0.2) is 49.4 Å². The van der Waals surface area contributed by atoms with Crippen molar-refractivity contribution in [2.45, 2.75) is 83.7 Å². The highest BCUT2D eigenvalue weighted by molar-refractivity contribution is 7.10. The molecule has 3 fully saturated rings. The molecule has 5 rings (SSSR count). The Kier molecular flexibility index (Phi) is 7.12. The van der Waals surface area contributed by atoms with Gasteiger partial charge in [0.05, 0.1) is 39.7 Å². The van der Waals surface area contributed by atoms with Crippen molar-refractivity contribution in [2.24, 2.45) is 22.7 Å². The van der Waals surface area contributed by atoms with Gasteiger partial charge >= 0.3 is 12.1 Å². The molecule has 0 aliphatic heterocycles. The summed E-state index contributed by atoms with van der Waals surface area (Å²) in [6.45, 7) is 5.75. The monoisotopic (exact) mass is 587 g/mol. The van der Waals surface area contributed by atoms with Crippen molar-refractivity contribution in [1.82, 2.24) is 14.7 Å². The van der Waals surface area contributed by atoms with Crippen LogP contribution in [0, 0.1) is 22.7 Å². The SMILES string of the molecule is CC1(C(=O)O)CCC(n2ncc(C(=O)N(C[C@@H](O)c3sccc3Cl)C3C[C@@H]4[C@H](C3)C4(C)C)c2C(F)(F)F)CC1. The molecule has 4 atom stereocenters. The van der Waals surface area contributed by atoms with Gasteiger partial charge < -0.3 is 15.1 Å². The van der Waals surface area contributed by atoms with E-state index in [-0.39, 0.29) is 43.7 Å². The standard InChI is InChI=1S/C27H33ClF3N3O4S/c1-25(2)17-10-15(11-18(17)25)33(13-20(35)21-19(28)6-9-39-21)23(36)16-12-32-34(22(16)27(29,30)31)14-4-7-26(3,8-5-14)24(37)38/h6,9,12,14-15,17-18,20,35H,4-5,7-8,10-11,13H2,1-3H3,(H,37,38)/t14?,15?,17-,18+,20-,26?/m1/s1. The van der Waals surface area contributed by atoms with Gasteiger partial charge in [-0.1, -0.05) is 25.4 Å². The normalized spacial score (nSPS) is 30.6. The summed E-state index contributed by atoms with van der Waals surface area (Å²) in [5.74, 6) is -1.01. The molecule has 3 aliphatic carbocycles. The molecule has 2 N–H and O–H groups in total. The number of carbonyl (C=O) groups excluding carboxylic acids is 1. The number of carboxylic acids is 1. The molecule has 7 nitrogen and oxygen atoms in total. The summed E-state index contributed by atoms with van der Waals surface area (Å²) in [5.41, 5.74) is -2.51. The predicted octanol–water partition coefficient (Wildman–Crippen LogP) is 6.43. The van der Waals surface area contributed by atoms with Crippen molar-refractivity contribution in [3.63, 3.8) is 0 Å². The molecule has 0 saturated heterocycles. The maximum absolute atomic E-state index is 14.5. The van der Waals surface area contributed by atoms with Crippen LogP contribution in [0.1, 0.15) is 92.4 Å². The Bertz CT molecular complexity index is 1250. The Labute approximate surface area is 233 Å². The first-order valence-corrected chi connectivity index (χ1v) is 14.5. The van der Waals surface area contributed by atoms with E-state index in [1.807, 2.05) is 0 Å². The van der Waals surface area contributed by atoms with E-state index >= 15 is 0 Å². The number of aliphatic hydroxyl groups excluding tert-OH is 1. The van der Waals surface area contributed by atoms with Crippen LogP contribution in [0.5, 0.6) is 0 Å². The highest BCUT2D eigenvalue weighted by Gasteiger charge is 2.63.